The molecule has 2 aliphatic rings. The van der Waals surface area contributed by atoms with Gasteiger partial charge < -0.3 is 9.47 Å². The molecule has 0 amide bonds. The van der Waals surface area contributed by atoms with Crippen molar-refractivity contribution in [2.75, 3.05) is 0 Å². The molecule has 2 rings (SSSR count). The number of fused-ring (bicyclic) bond motifs is 1. The zero-order valence-electron chi connectivity index (χ0n) is 19.0. The molecule has 0 heterocycles. The van der Waals surface area contributed by atoms with Gasteiger partial charge in [0, 0.05) is 20.3 Å². The van der Waals surface area contributed by atoms with Crippen molar-refractivity contribution in [2.24, 2.45) is 22.7 Å². The van der Waals surface area contributed by atoms with Crippen LogP contribution in [-0.2, 0) is 23.9 Å². The van der Waals surface area contributed by atoms with E-state index in [2.05, 4.69) is 27.4 Å². The zero-order valence-corrected chi connectivity index (χ0v) is 19.0. The molecule has 0 saturated heterocycles. The molecule has 29 heavy (non-hydrogen) atoms. The molecule has 0 bridgehead atoms. The zero-order chi connectivity index (χ0) is 22.2. The van der Waals surface area contributed by atoms with Crippen molar-refractivity contribution >= 4 is 17.7 Å². The lowest BCUT2D eigenvalue weighted by Crippen LogP contribution is -2.57. The van der Waals surface area contributed by atoms with Crippen LogP contribution in [0.1, 0.15) is 74.1 Å². The largest absolute Gasteiger partial charge is 0.462 e. The van der Waals surface area contributed by atoms with E-state index in [-0.39, 0.29) is 46.5 Å². The highest BCUT2D eigenvalue weighted by atomic mass is 16.6. The van der Waals surface area contributed by atoms with Gasteiger partial charge in [-0.2, -0.15) is 0 Å². The van der Waals surface area contributed by atoms with E-state index < -0.39 is 5.60 Å². The molecule has 0 aromatic heterocycles. The Bertz CT molecular complexity index is 738. The van der Waals surface area contributed by atoms with Crippen LogP contribution in [0.4, 0.5) is 0 Å². The van der Waals surface area contributed by atoms with Crippen LogP contribution in [0.5, 0.6) is 0 Å². The second-order valence-electron chi connectivity index (χ2n) is 9.72. The van der Waals surface area contributed by atoms with Gasteiger partial charge in [0.05, 0.1) is 0 Å². The predicted octanol–water partition coefficient (Wildman–Crippen LogP) is 4.79. The number of hydrogen-bond donors (Lipinski definition) is 0. The summed E-state index contributed by atoms with van der Waals surface area (Å²) in [5, 5.41) is 0. The molecular weight excluding hydrogens is 368 g/mol. The first-order chi connectivity index (χ1) is 13.3. The van der Waals surface area contributed by atoms with E-state index in [0.29, 0.717) is 19.3 Å². The molecule has 2 aliphatic carbocycles. The van der Waals surface area contributed by atoms with Gasteiger partial charge >= 0.3 is 11.9 Å². The Morgan fingerprint density at radius 1 is 1.31 bits per heavy atom. The molecule has 5 heteroatoms. The molecule has 0 aromatic rings. The number of allylic oxidation sites excluding steroid dienone is 2. The Morgan fingerprint density at radius 2 is 1.93 bits per heavy atom. The Balaban J connectivity index is 2.45. The van der Waals surface area contributed by atoms with Crippen molar-refractivity contribution in [1.82, 2.24) is 0 Å². The fourth-order valence-corrected chi connectivity index (χ4v) is 5.57. The summed E-state index contributed by atoms with van der Waals surface area (Å²) in [6.07, 6.45) is 5.72. The third-order valence-electron chi connectivity index (χ3n) is 7.76. The maximum atomic E-state index is 12.5. The summed E-state index contributed by atoms with van der Waals surface area (Å²) in [5.41, 5.74) is -0.215. The summed E-state index contributed by atoms with van der Waals surface area (Å²) in [6, 6.07) is 0. The van der Waals surface area contributed by atoms with E-state index in [1.165, 1.54) is 13.8 Å². The second kappa shape index (κ2) is 8.08. The van der Waals surface area contributed by atoms with Crippen molar-refractivity contribution < 1.29 is 23.9 Å². The minimum atomic E-state index is -0.775. The highest BCUT2D eigenvalue weighted by molar-refractivity contribution is 5.92. The number of esters is 2. The van der Waals surface area contributed by atoms with Crippen LogP contribution in [0.3, 0.4) is 0 Å². The minimum Gasteiger partial charge on any atom is -0.462 e. The van der Waals surface area contributed by atoms with Crippen LogP contribution in [0.25, 0.3) is 0 Å². The van der Waals surface area contributed by atoms with Crippen LogP contribution >= 0.6 is 0 Å². The van der Waals surface area contributed by atoms with Gasteiger partial charge in [-0.1, -0.05) is 32.9 Å². The molecule has 6 atom stereocenters. The Labute approximate surface area is 174 Å². The maximum Gasteiger partial charge on any atom is 0.303 e. The molecule has 5 nitrogen and oxygen atoms in total. The van der Waals surface area contributed by atoms with E-state index in [1.54, 1.807) is 12.2 Å². The van der Waals surface area contributed by atoms with Crippen LogP contribution in [-0.4, -0.2) is 29.4 Å². The summed E-state index contributed by atoms with van der Waals surface area (Å²) in [5.74, 6) is -0.282. The Kier molecular flexibility index (Phi) is 6.51. The smallest absolute Gasteiger partial charge is 0.303 e. The van der Waals surface area contributed by atoms with Crippen molar-refractivity contribution in [3.05, 3.63) is 24.3 Å². The first-order valence-electron chi connectivity index (χ1n) is 10.5. The normalized spacial score (nSPS) is 36.3. The van der Waals surface area contributed by atoms with Gasteiger partial charge in [-0.25, -0.2) is 0 Å². The lowest BCUT2D eigenvalue weighted by Gasteiger charge is -2.59. The fourth-order valence-electron chi connectivity index (χ4n) is 5.57. The molecule has 0 N–H and O–H groups in total. The van der Waals surface area contributed by atoms with Gasteiger partial charge in [-0.3, -0.25) is 14.4 Å². The Hall–Kier alpha value is -1.91. The monoisotopic (exact) mass is 404 g/mol. The average Bonchev–Trinajstić information content (AvgIpc) is 2.60. The van der Waals surface area contributed by atoms with Gasteiger partial charge in [0.15, 0.2) is 5.78 Å². The van der Waals surface area contributed by atoms with E-state index in [9.17, 15) is 14.4 Å². The molecule has 0 radical (unpaired) electrons. The summed E-state index contributed by atoms with van der Waals surface area (Å²) < 4.78 is 11.3. The van der Waals surface area contributed by atoms with Crippen molar-refractivity contribution in [3.63, 3.8) is 0 Å². The summed E-state index contributed by atoms with van der Waals surface area (Å²) in [6.45, 7) is 17.1. The van der Waals surface area contributed by atoms with Crippen molar-refractivity contribution in [2.45, 2.75) is 85.9 Å². The van der Waals surface area contributed by atoms with E-state index in [0.717, 1.165) is 12.0 Å². The number of ketones is 1. The third kappa shape index (κ3) is 4.49. The van der Waals surface area contributed by atoms with E-state index >= 15 is 0 Å². The van der Waals surface area contributed by atoms with Crippen molar-refractivity contribution in [1.29, 1.82) is 0 Å². The molecule has 1 saturated carbocycles. The van der Waals surface area contributed by atoms with Gasteiger partial charge in [-0.05, 0) is 67.9 Å². The summed E-state index contributed by atoms with van der Waals surface area (Å²) in [4.78, 5) is 35.8. The predicted molar refractivity (Wildman–Crippen MR) is 112 cm³/mol. The number of carbonyl (C=O) groups excluding carboxylic acids is 3. The molecule has 0 aromatic carbocycles. The quantitative estimate of drug-likeness (QED) is 0.470. The van der Waals surface area contributed by atoms with Crippen molar-refractivity contribution in [3.8, 4) is 0 Å². The van der Waals surface area contributed by atoms with Gasteiger partial charge in [0.1, 0.15) is 11.7 Å². The molecule has 0 aliphatic heterocycles. The summed E-state index contributed by atoms with van der Waals surface area (Å²) in [7, 11) is 0. The number of carbonyl (C=O) groups is 3. The van der Waals surface area contributed by atoms with Crippen LogP contribution in [0, 0.1) is 22.7 Å². The molecule has 0 spiro atoms. The molecule has 162 valence electrons. The van der Waals surface area contributed by atoms with Crippen LogP contribution < -0.4 is 0 Å². The summed E-state index contributed by atoms with van der Waals surface area (Å²) >= 11 is 0. The molecule has 1 fully saturated rings. The molecular formula is C24H36O5. The number of rotatable bonds is 6. The van der Waals surface area contributed by atoms with E-state index in [4.69, 9.17) is 9.47 Å². The highest BCUT2D eigenvalue weighted by Gasteiger charge is 2.58. The van der Waals surface area contributed by atoms with Crippen LogP contribution in [0.2, 0.25) is 0 Å². The fraction of sp³-hybridized carbons (Fsp3) is 0.708. The second-order valence-corrected chi connectivity index (χ2v) is 9.72. The number of ether oxygens (including phenoxy) is 2. The Morgan fingerprint density at radius 3 is 2.45 bits per heavy atom. The minimum absolute atomic E-state index is 0.0644. The van der Waals surface area contributed by atoms with Crippen LogP contribution in [0.15, 0.2) is 24.3 Å². The topological polar surface area (TPSA) is 69.7 Å². The van der Waals surface area contributed by atoms with Gasteiger partial charge in [-0.15, -0.1) is 0 Å². The average molecular weight is 405 g/mol. The van der Waals surface area contributed by atoms with E-state index in [1.807, 2.05) is 13.8 Å². The number of hydrogen-bond acceptors (Lipinski definition) is 5. The lowest BCUT2D eigenvalue weighted by molar-refractivity contribution is -0.174. The molecule has 6 unspecified atom stereocenters. The first kappa shape index (κ1) is 23.4. The van der Waals surface area contributed by atoms with Gasteiger partial charge in [0.2, 0.25) is 0 Å². The third-order valence-corrected chi connectivity index (χ3v) is 7.76. The first-order valence-corrected chi connectivity index (χ1v) is 10.5. The SMILES string of the molecule is C=CC(C)(CCC1(C)C(C)C(OC(C)=O)CC2(C)C(C)=CC(=O)CC21)OC(C)=O. The maximum absolute atomic E-state index is 12.5. The highest BCUT2D eigenvalue weighted by Crippen LogP contribution is 2.62. The van der Waals surface area contributed by atoms with Gasteiger partial charge in [0.25, 0.3) is 0 Å². The lowest BCUT2D eigenvalue weighted by atomic mass is 9.46. The standard InChI is InChI=1S/C24H36O5/c1-9-22(6,29-18(5)26)10-11-23(7)16(3)20(28-17(4)25)14-24(8)15(2)12-19(27)13-21(23)24/h9,12,16,20-21H,1,10-11,13-14H2,2-8H3.